The molecule has 6 nitrogen and oxygen atoms in total. The van der Waals surface area contributed by atoms with Gasteiger partial charge in [-0.1, -0.05) is 24.3 Å². The van der Waals surface area contributed by atoms with Crippen molar-refractivity contribution in [2.24, 2.45) is 5.73 Å². The molecule has 0 saturated carbocycles. The lowest BCUT2D eigenvalue weighted by Crippen LogP contribution is -2.16. The minimum absolute atomic E-state index is 0.129. The average Bonchev–Trinajstić information content (AvgIpc) is 2.55. The number of carbonyl (C=O) groups excluding carboxylic acids is 2. The van der Waals surface area contributed by atoms with E-state index in [-0.39, 0.29) is 11.1 Å². The van der Waals surface area contributed by atoms with Crippen LogP contribution in [-0.4, -0.2) is 11.8 Å². The molecule has 2 rings (SSSR count). The second kappa shape index (κ2) is 7.61. The van der Waals surface area contributed by atoms with Crippen molar-refractivity contribution in [2.45, 2.75) is 6.92 Å². The number of nitrogens with one attached hydrogen (secondary N) is 2. The van der Waals surface area contributed by atoms with Crippen LogP contribution in [0, 0.1) is 18.3 Å². The molecule has 0 aromatic heterocycles. The number of rotatable bonds is 5. The van der Waals surface area contributed by atoms with Crippen molar-refractivity contribution >= 4 is 23.2 Å². The third-order valence-corrected chi connectivity index (χ3v) is 3.21. The predicted octanol–water partition coefficient (Wildman–Crippen LogP) is 2.55. The van der Waals surface area contributed by atoms with Crippen molar-refractivity contribution < 1.29 is 9.59 Å². The van der Waals surface area contributed by atoms with Crippen molar-refractivity contribution in [1.29, 1.82) is 5.26 Å². The molecule has 0 atom stereocenters. The molecular weight excluding hydrogens is 304 g/mol. The molecular formula is C18H16N4O2. The lowest BCUT2D eigenvalue weighted by molar-refractivity contribution is -0.112. The number of hydrogen-bond donors (Lipinski definition) is 3. The predicted molar refractivity (Wildman–Crippen MR) is 92.1 cm³/mol. The summed E-state index contributed by atoms with van der Waals surface area (Å²) >= 11 is 0. The smallest absolute Gasteiger partial charge is 0.267 e. The largest absolute Gasteiger partial charge is 0.366 e. The van der Waals surface area contributed by atoms with Crippen LogP contribution in [0.3, 0.4) is 0 Å². The van der Waals surface area contributed by atoms with Crippen molar-refractivity contribution in [1.82, 2.24) is 0 Å². The molecule has 0 saturated heterocycles. The van der Waals surface area contributed by atoms with Gasteiger partial charge in [-0.3, -0.25) is 9.59 Å². The molecule has 0 bridgehead atoms. The Morgan fingerprint density at radius 1 is 1.17 bits per heavy atom. The van der Waals surface area contributed by atoms with Gasteiger partial charge in [-0.15, -0.1) is 0 Å². The van der Waals surface area contributed by atoms with Crippen LogP contribution >= 0.6 is 0 Å². The normalized spacial score (nSPS) is 10.6. The summed E-state index contributed by atoms with van der Waals surface area (Å²) in [6, 6.07) is 15.6. The number of benzene rings is 2. The third kappa shape index (κ3) is 4.21. The van der Waals surface area contributed by atoms with Gasteiger partial charge in [0.1, 0.15) is 11.6 Å². The van der Waals surface area contributed by atoms with E-state index in [1.54, 1.807) is 36.4 Å². The lowest BCUT2D eigenvalue weighted by atomic mass is 10.1. The number of aryl methyl sites for hydroxylation is 1. The molecule has 0 fully saturated rings. The maximum Gasteiger partial charge on any atom is 0.267 e. The molecule has 6 heteroatoms. The zero-order chi connectivity index (χ0) is 17.5. The highest BCUT2D eigenvalue weighted by Gasteiger charge is 2.11. The Labute approximate surface area is 139 Å². The second-order valence-corrected chi connectivity index (χ2v) is 5.05. The quantitative estimate of drug-likeness (QED) is 0.581. The highest BCUT2D eigenvalue weighted by atomic mass is 16.2. The molecule has 0 spiro atoms. The number of amides is 2. The average molecular weight is 320 g/mol. The first-order chi connectivity index (χ1) is 11.5. The maximum atomic E-state index is 12.2. The zero-order valence-electron chi connectivity index (χ0n) is 13.0. The molecule has 0 heterocycles. The number of para-hydroxylation sites is 1. The van der Waals surface area contributed by atoms with Crippen LogP contribution in [0.1, 0.15) is 15.9 Å². The minimum atomic E-state index is -0.603. The molecule has 24 heavy (non-hydrogen) atoms. The van der Waals surface area contributed by atoms with Gasteiger partial charge in [-0.2, -0.15) is 5.26 Å². The molecule has 2 amide bonds. The number of nitriles is 1. The fraction of sp³-hybridized carbons (Fsp3) is 0.0556. The lowest BCUT2D eigenvalue weighted by Gasteiger charge is -2.08. The Hall–Kier alpha value is -3.59. The Bertz CT molecular complexity index is 850. The summed E-state index contributed by atoms with van der Waals surface area (Å²) in [5.41, 5.74) is 7.43. The van der Waals surface area contributed by atoms with Gasteiger partial charge in [0.05, 0.1) is 11.3 Å². The van der Waals surface area contributed by atoms with E-state index < -0.39 is 11.8 Å². The zero-order valence-corrected chi connectivity index (χ0v) is 13.0. The van der Waals surface area contributed by atoms with E-state index >= 15 is 0 Å². The molecule has 120 valence electrons. The Morgan fingerprint density at radius 2 is 1.92 bits per heavy atom. The second-order valence-electron chi connectivity index (χ2n) is 5.05. The van der Waals surface area contributed by atoms with E-state index in [1.807, 2.05) is 25.1 Å². The van der Waals surface area contributed by atoms with E-state index in [0.717, 1.165) is 5.56 Å². The topological polar surface area (TPSA) is 108 Å². The van der Waals surface area contributed by atoms with Crippen molar-refractivity contribution in [3.05, 3.63) is 71.4 Å². The van der Waals surface area contributed by atoms with Crippen LogP contribution in [0.4, 0.5) is 11.4 Å². The van der Waals surface area contributed by atoms with Crippen molar-refractivity contribution in [2.75, 3.05) is 10.6 Å². The van der Waals surface area contributed by atoms with Crippen LogP contribution in [0.2, 0.25) is 0 Å². The van der Waals surface area contributed by atoms with Crippen LogP contribution in [0.15, 0.2) is 60.3 Å². The fourth-order valence-corrected chi connectivity index (χ4v) is 2.04. The summed E-state index contributed by atoms with van der Waals surface area (Å²) in [5.74, 6) is -1.15. The van der Waals surface area contributed by atoms with Crippen LogP contribution in [0.5, 0.6) is 0 Å². The summed E-state index contributed by atoms with van der Waals surface area (Å²) in [7, 11) is 0. The molecule has 2 aromatic rings. The molecule has 0 unspecified atom stereocenters. The SMILES string of the molecule is Cc1cccc(NC(=O)/C(C#N)=C\Nc2ccccc2C(N)=O)c1. The third-order valence-electron chi connectivity index (χ3n) is 3.21. The van der Waals surface area contributed by atoms with Gasteiger partial charge < -0.3 is 16.4 Å². The number of nitrogens with zero attached hydrogens (tertiary/aromatic N) is 1. The van der Waals surface area contributed by atoms with Gasteiger partial charge in [0, 0.05) is 11.9 Å². The minimum Gasteiger partial charge on any atom is -0.366 e. The summed E-state index contributed by atoms with van der Waals surface area (Å²) in [5, 5.41) is 14.6. The van der Waals surface area contributed by atoms with Gasteiger partial charge in [0.15, 0.2) is 0 Å². The highest BCUT2D eigenvalue weighted by molar-refractivity contribution is 6.07. The van der Waals surface area contributed by atoms with Crippen LogP contribution in [0.25, 0.3) is 0 Å². The van der Waals surface area contributed by atoms with E-state index in [1.165, 1.54) is 6.20 Å². The van der Waals surface area contributed by atoms with E-state index in [0.29, 0.717) is 11.4 Å². The van der Waals surface area contributed by atoms with Crippen molar-refractivity contribution in [3.63, 3.8) is 0 Å². The first-order valence-electron chi connectivity index (χ1n) is 7.15. The number of carbonyl (C=O) groups is 2. The van der Waals surface area contributed by atoms with E-state index in [9.17, 15) is 14.9 Å². The maximum absolute atomic E-state index is 12.2. The van der Waals surface area contributed by atoms with Gasteiger partial charge in [0.25, 0.3) is 11.8 Å². The molecule has 0 aliphatic rings. The first-order valence-corrected chi connectivity index (χ1v) is 7.15. The number of nitrogens with two attached hydrogens (primary N) is 1. The van der Waals surface area contributed by atoms with Gasteiger partial charge in [-0.05, 0) is 36.8 Å². The summed E-state index contributed by atoms with van der Waals surface area (Å²) < 4.78 is 0. The van der Waals surface area contributed by atoms with Gasteiger partial charge >= 0.3 is 0 Å². The summed E-state index contributed by atoms with van der Waals surface area (Å²) in [6.45, 7) is 1.90. The van der Waals surface area contributed by atoms with Crippen LogP contribution < -0.4 is 16.4 Å². The molecule has 0 aliphatic heterocycles. The molecule has 2 aromatic carbocycles. The Balaban J connectivity index is 2.16. The monoisotopic (exact) mass is 320 g/mol. The Morgan fingerprint density at radius 3 is 2.58 bits per heavy atom. The summed E-state index contributed by atoms with van der Waals surface area (Å²) in [4.78, 5) is 23.5. The van der Waals surface area contributed by atoms with E-state index in [4.69, 9.17) is 5.73 Å². The van der Waals surface area contributed by atoms with Gasteiger partial charge in [0.2, 0.25) is 0 Å². The standard InChI is InChI=1S/C18H16N4O2/c1-12-5-4-6-14(9-12)22-18(24)13(10-19)11-21-16-8-3-2-7-15(16)17(20)23/h2-9,11,21H,1H3,(H2,20,23)(H,22,24)/b13-11-. The molecule has 0 aliphatic carbocycles. The highest BCUT2D eigenvalue weighted by Crippen LogP contribution is 2.15. The molecule has 4 N–H and O–H groups in total. The number of primary amides is 1. The van der Waals surface area contributed by atoms with Crippen LogP contribution in [-0.2, 0) is 4.79 Å². The molecule has 0 radical (unpaired) electrons. The number of hydrogen-bond acceptors (Lipinski definition) is 4. The number of anilines is 2. The van der Waals surface area contributed by atoms with E-state index in [2.05, 4.69) is 10.6 Å². The van der Waals surface area contributed by atoms with Crippen molar-refractivity contribution in [3.8, 4) is 6.07 Å². The Kier molecular flexibility index (Phi) is 5.32. The van der Waals surface area contributed by atoms with Gasteiger partial charge in [-0.25, -0.2) is 0 Å². The summed E-state index contributed by atoms with van der Waals surface area (Å²) in [6.07, 6.45) is 1.24. The first kappa shape index (κ1) is 16.8. The fourth-order valence-electron chi connectivity index (χ4n) is 2.04.